The molecule has 0 spiro atoms. The SMILES string of the molecule is Cc1ccsc1C(=O)N1CC(C)NCC1C.Cl. The van der Waals surface area contributed by atoms with Crippen LogP contribution < -0.4 is 5.32 Å². The van der Waals surface area contributed by atoms with E-state index in [1.165, 1.54) is 0 Å². The molecule has 5 heteroatoms. The predicted molar refractivity (Wildman–Crippen MR) is 74.3 cm³/mol. The van der Waals surface area contributed by atoms with Crippen LogP contribution in [0.5, 0.6) is 0 Å². The molecule has 1 aliphatic heterocycles. The first-order valence-electron chi connectivity index (χ1n) is 5.68. The molecule has 17 heavy (non-hydrogen) atoms. The predicted octanol–water partition coefficient (Wildman–Crippen LogP) is 2.30. The van der Waals surface area contributed by atoms with Gasteiger partial charge in [-0.05, 0) is 37.8 Å². The van der Waals surface area contributed by atoms with Gasteiger partial charge in [0.05, 0.1) is 4.88 Å². The number of nitrogens with one attached hydrogen (secondary N) is 1. The van der Waals surface area contributed by atoms with E-state index in [1.54, 1.807) is 11.3 Å². The van der Waals surface area contributed by atoms with Crippen LogP contribution in [-0.4, -0.2) is 36.0 Å². The van der Waals surface area contributed by atoms with Crippen LogP contribution in [0, 0.1) is 6.92 Å². The Morgan fingerprint density at radius 2 is 2.24 bits per heavy atom. The van der Waals surface area contributed by atoms with Gasteiger partial charge in [0.1, 0.15) is 0 Å². The lowest BCUT2D eigenvalue weighted by Crippen LogP contribution is -2.56. The molecule has 3 nitrogen and oxygen atoms in total. The van der Waals surface area contributed by atoms with E-state index in [4.69, 9.17) is 0 Å². The highest BCUT2D eigenvalue weighted by molar-refractivity contribution is 7.12. The van der Waals surface area contributed by atoms with Crippen molar-refractivity contribution in [3.8, 4) is 0 Å². The minimum Gasteiger partial charge on any atom is -0.332 e. The minimum atomic E-state index is 0. The number of piperazine rings is 1. The first-order valence-corrected chi connectivity index (χ1v) is 6.56. The van der Waals surface area contributed by atoms with Gasteiger partial charge in [-0.25, -0.2) is 0 Å². The number of carbonyl (C=O) groups is 1. The normalized spacial score (nSPS) is 24.3. The van der Waals surface area contributed by atoms with E-state index in [9.17, 15) is 4.79 Å². The fourth-order valence-corrected chi connectivity index (χ4v) is 2.91. The zero-order valence-corrected chi connectivity index (χ0v) is 12.0. The standard InChI is InChI=1S/C12H18N2OS.ClH/c1-8-4-5-16-11(8)12(15)14-7-9(2)13-6-10(14)3;/h4-5,9-10,13H,6-7H2,1-3H3;1H. The van der Waals surface area contributed by atoms with Crippen LogP contribution in [0.3, 0.4) is 0 Å². The van der Waals surface area contributed by atoms with Gasteiger partial charge in [0.2, 0.25) is 0 Å². The van der Waals surface area contributed by atoms with E-state index >= 15 is 0 Å². The number of halogens is 1. The Bertz CT molecular complexity index is 394. The highest BCUT2D eigenvalue weighted by Gasteiger charge is 2.28. The number of hydrogen-bond donors (Lipinski definition) is 1. The van der Waals surface area contributed by atoms with Crippen molar-refractivity contribution in [2.45, 2.75) is 32.9 Å². The molecule has 1 aliphatic rings. The summed E-state index contributed by atoms with van der Waals surface area (Å²) in [6, 6.07) is 2.68. The van der Waals surface area contributed by atoms with Crippen LogP contribution in [0.25, 0.3) is 0 Å². The molecule has 1 saturated heterocycles. The van der Waals surface area contributed by atoms with Crippen molar-refractivity contribution in [1.82, 2.24) is 10.2 Å². The molecular formula is C12H19ClN2OS. The van der Waals surface area contributed by atoms with E-state index in [2.05, 4.69) is 19.2 Å². The van der Waals surface area contributed by atoms with E-state index < -0.39 is 0 Å². The molecule has 96 valence electrons. The fourth-order valence-electron chi connectivity index (χ4n) is 2.03. The maximum atomic E-state index is 12.3. The van der Waals surface area contributed by atoms with E-state index in [0.29, 0.717) is 6.04 Å². The van der Waals surface area contributed by atoms with Gasteiger partial charge >= 0.3 is 0 Å². The molecule has 0 aliphatic carbocycles. The summed E-state index contributed by atoms with van der Waals surface area (Å²) < 4.78 is 0. The molecule has 0 saturated carbocycles. The molecule has 1 N–H and O–H groups in total. The van der Waals surface area contributed by atoms with Gasteiger partial charge in [-0.2, -0.15) is 0 Å². The monoisotopic (exact) mass is 274 g/mol. The van der Waals surface area contributed by atoms with Crippen LogP contribution >= 0.6 is 23.7 Å². The highest BCUT2D eigenvalue weighted by atomic mass is 35.5. The first kappa shape index (κ1) is 14.5. The van der Waals surface area contributed by atoms with Gasteiger partial charge in [0.25, 0.3) is 5.91 Å². The van der Waals surface area contributed by atoms with E-state index in [0.717, 1.165) is 23.5 Å². The number of amides is 1. The molecule has 1 aromatic rings. The van der Waals surface area contributed by atoms with Crippen molar-refractivity contribution in [3.63, 3.8) is 0 Å². The number of thiophene rings is 1. The summed E-state index contributed by atoms with van der Waals surface area (Å²) in [6.07, 6.45) is 0. The Kier molecular flexibility index (Phi) is 4.98. The Morgan fingerprint density at radius 1 is 1.53 bits per heavy atom. The zero-order chi connectivity index (χ0) is 11.7. The summed E-state index contributed by atoms with van der Waals surface area (Å²) in [6.45, 7) is 7.90. The highest BCUT2D eigenvalue weighted by Crippen LogP contribution is 2.20. The maximum Gasteiger partial charge on any atom is 0.264 e. The van der Waals surface area contributed by atoms with Crippen LogP contribution in [0.15, 0.2) is 11.4 Å². The molecule has 0 radical (unpaired) electrons. The van der Waals surface area contributed by atoms with Crippen LogP contribution in [0.1, 0.15) is 29.1 Å². The third kappa shape index (κ3) is 3.00. The lowest BCUT2D eigenvalue weighted by Gasteiger charge is -2.37. The largest absolute Gasteiger partial charge is 0.332 e. The Hall–Kier alpha value is -0.580. The quantitative estimate of drug-likeness (QED) is 0.852. The number of aryl methyl sites for hydroxylation is 1. The minimum absolute atomic E-state index is 0. The summed E-state index contributed by atoms with van der Waals surface area (Å²) in [4.78, 5) is 15.2. The molecule has 2 atom stereocenters. The molecule has 1 fully saturated rings. The smallest absolute Gasteiger partial charge is 0.264 e. The summed E-state index contributed by atoms with van der Waals surface area (Å²) in [7, 11) is 0. The van der Waals surface area contributed by atoms with Crippen LogP contribution in [-0.2, 0) is 0 Å². The summed E-state index contributed by atoms with van der Waals surface area (Å²) >= 11 is 1.54. The molecule has 1 aromatic heterocycles. The molecule has 2 heterocycles. The van der Waals surface area contributed by atoms with Crippen molar-refractivity contribution >= 4 is 29.7 Å². The average molecular weight is 275 g/mol. The van der Waals surface area contributed by atoms with Gasteiger partial charge in [-0.3, -0.25) is 4.79 Å². The molecule has 0 aromatic carbocycles. The topological polar surface area (TPSA) is 32.3 Å². The Labute approximate surface area is 113 Å². The van der Waals surface area contributed by atoms with Crippen molar-refractivity contribution in [3.05, 3.63) is 21.9 Å². The molecular weight excluding hydrogens is 256 g/mol. The van der Waals surface area contributed by atoms with E-state index in [-0.39, 0.29) is 24.4 Å². The molecule has 2 unspecified atom stereocenters. The number of carbonyl (C=O) groups excluding carboxylic acids is 1. The van der Waals surface area contributed by atoms with E-state index in [1.807, 2.05) is 23.3 Å². The second-order valence-corrected chi connectivity index (χ2v) is 5.46. The molecule has 1 amide bonds. The van der Waals surface area contributed by atoms with Crippen molar-refractivity contribution in [2.24, 2.45) is 0 Å². The van der Waals surface area contributed by atoms with Gasteiger partial charge in [0, 0.05) is 25.2 Å². The molecule has 2 rings (SSSR count). The van der Waals surface area contributed by atoms with Crippen molar-refractivity contribution in [2.75, 3.05) is 13.1 Å². The average Bonchev–Trinajstić information content (AvgIpc) is 2.67. The number of hydrogen-bond acceptors (Lipinski definition) is 3. The van der Waals surface area contributed by atoms with Crippen LogP contribution in [0.4, 0.5) is 0 Å². The lowest BCUT2D eigenvalue weighted by atomic mass is 10.1. The summed E-state index contributed by atoms with van der Waals surface area (Å²) in [5.41, 5.74) is 1.09. The number of rotatable bonds is 1. The Balaban J connectivity index is 0.00000144. The summed E-state index contributed by atoms with van der Waals surface area (Å²) in [5, 5.41) is 5.37. The third-order valence-corrected chi connectivity index (χ3v) is 4.09. The summed E-state index contributed by atoms with van der Waals surface area (Å²) in [5.74, 6) is 0.188. The number of nitrogens with zero attached hydrogens (tertiary/aromatic N) is 1. The first-order chi connectivity index (χ1) is 7.59. The lowest BCUT2D eigenvalue weighted by molar-refractivity contribution is 0.0620. The third-order valence-electron chi connectivity index (χ3n) is 3.08. The maximum absolute atomic E-state index is 12.3. The molecule has 0 bridgehead atoms. The Morgan fingerprint density at radius 3 is 2.82 bits per heavy atom. The zero-order valence-electron chi connectivity index (χ0n) is 10.4. The van der Waals surface area contributed by atoms with Crippen molar-refractivity contribution in [1.29, 1.82) is 0 Å². The van der Waals surface area contributed by atoms with Crippen LogP contribution in [0.2, 0.25) is 0 Å². The fraction of sp³-hybridized carbons (Fsp3) is 0.583. The second kappa shape index (κ2) is 5.85. The van der Waals surface area contributed by atoms with Gasteiger partial charge in [-0.1, -0.05) is 0 Å². The van der Waals surface area contributed by atoms with Gasteiger partial charge in [-0.15, -0.1) is 23.7 Å². The van der Waals surface area contributed by atoms with Crippen molar-refractivity contribution < 1.29 is 4.79 Å². The van der Waals surface area contributed by atoms with Gasteiger partial charge < -0.3 is 10.2 Å². The second-order valence-electron chi connectivity index (χ2n) is 4.55. The van der Waals surface area contributed by atoms with Gasteiger partial charge in [0.15, 0.2) is 0 Å².